The molecule has 2 aliphatic rings. The summed E-state index contributed by atoms with van der Waals surface area (Å²) >= 11 is 11.3. The Morgan fingerprint density at radius 2 is 1.88 bits per heavy atom. The van der Waals surface area contributed by atoms with E-state index < -0.39 is 0 Å². The van der Waals surface area contributed by atoms with Crippen molar-refractivity contribution in [1.82, 2.24) is 5.01 Å². The third kappa shape index (κ3) is 2.75. The number of hydrazone groups is 1. The molecular weight excluding hydrogens is 432 g/mol. The summed E-state index contributed by atoms with van der Waals surface area (Å²) in [4.78, 5) is 1.19. The number of fused-ring (bicyclic) bond motifs is 3. The molecule has 2 aromatic carbocycles. The van der Waals surface area contributed by atoms with Crippen molar-refractivity contribution in [3.05, 3.63) is 85.5 Å². The normalized spacial score (nSPS) is 21.0. The van der Waals surface area contributed by atoms with Crippen LogP contribution in [0.5, 0.6) is 5.75 Å². The summed E-state index contributed by atoms with van der Waals surface area (Å²) < 4.78 is 7.45. The van der Waals surface area contributed by atoms with E-state index in [0.29, 0.717) is 0 Å². The van der Waals surface area contributed by atoms with E-state index in [0.717, 1.165) is 32.3 Å². The van der Waals surface area contributed by atoms with Crippen LogP contribution in [-0.2, 0) is 0 Å². The van der Waals surface area contributed by atoms with Crippen LogP contribution in [0, 0.1) is 0 Å². The number of thiophene rings is 1. The maximum Gasteiger partial charge on any atom is 0.213 e. The number of nitrogens with zero attached hydrogens (tertiary/aromatic N) is 2. The first-order chi connectivity index (χ1) is 12.7. The fraction of sp³-hybridized carbons (Fsp3) is 0.150. The predicted molar refractivity (Wildman–Crippen MR) is 109 cm³/mol. The van der Waals surface area contributed by atoms with Gasteiger partial charge in [0, 0.05) is 22.6 Å². The van der Waals surface area contributed by atoms with Crippen LogP contribution in [0.25, 0.3) is 0 Å². The van der Waals surface area contributed by atoms with Crippen molar-refractivity contribution in [2.24, 2.45) is 5.10 Å². The highest BCUT2D eigenvalue weighted by molar-refractivity contribution is 9.11. The Bertz CT molecular complexity index is 1000. The van der Waals surface area contributed by atoms with Crippen molar-refractivity contribution in [1.29, 1.82) is 0 Å². The molecule has 26 heavy (non-hydrogen) atoms. The number of hydrogen-bond acceptors (Lipinski definition) is 4. The number of halogens is 2. The number of ether oxygens (including phenoxy) is 1. The number of rotatable bonds is 2. The number of para-hydroxylation sites is 1. The quantitative estimate of drug-likeness (QED) is 0.455. The Hall–Kier alpha value is -1.82. The van der Waals surface area contributed by atoms with Gasteiger partial charge in [-0.15, -0.1) is 11.3 Å². The maximum absolute atomic E-state index is 6.33. The lowest BCUT2D eigenvalue weighted by atomic mass is 9.98. The van der Waals surface area contributed by atoms with E-state index in [4.69, 9.17) is 21.4 Å². The van der Waals surface area contributed by atoms with Crippen LogP contribution in [0.15, 0.2) is 69.6 Å². The Morgan fingerprint density at radius 3 is 2.65 bits per heavy atom. The predicted octanol–water partition coefficient (Wildman–Crippen LogP) is 6.41. The molecule has 2 aliphatic heterocycles. The molecular formula is C20H14BrClN2OS. The summed E-state index contributed by atoms with van der Waals surface area (Å²) in [7, 11) is 0. The molecule has 3 heterocycles. The van der Waals surface area contributed by atoms with Crippen molar-refractivity contribution in [2.45, 2.75) is 18.7 Å². The largest absolute Gasteiger partial charge is 0.464 e. The van der Waals surface area contributed by atoms with E-state index in [2.05, 4.69) is 45.2 Å². The second-order valence-corrected chi connectivity index (χ2v) is 9.21. The zero-order valence-corrected chi connectivity index (χ0v) is 16.8. The van der Waals surface area contributed by atoms with Crippen LogP contribution in [0.4, 0.5) is 0 Å². The Kier molecular flexibility index (Phi) is 4.03. The van der Waals surface area contributed by atoms with Gasteiger partial charge in [-0.2, -0.15) is 5.10 Å². The van der Waals surface area contributed by atoms with Gasteiger partial charge in [-0.25, -0.2) is 5.01 Å². The number of hydrogen-bond donors (Lipinski definition) is 0. The minimum absolute atomic E-state index is 0.177. The summed E-state index contributed by atoms with van der Waals surface area (Å²) in [5.74, 6) is 0.928. The van der Waals surface area contributed by atoms with Crippen molar-refractivity contribution >= 4 is 44.6 Å². The molecule has 2 atom stereocenters. The van der Waals surface area contributed by atoms with E-state index in [1.54, 1.807) is 11.3 Å². The molecule has 0 aliphatic carbocycles. The van der Waals surface area contributed by atoms with Gasteiger partial charge in [0.1, 0.15) is 5.75 Å². The molecule has 5 rings (SSSR count). The third-order valence-electron chi connectivity index (χ3n) is 4.71. The molecule has 0 unspecified atom stereocenters. The van der Waals surface area contributed by atoms with Gasteiger partial charge in [-0.05, 0) is 46.3 Å². The van der Waals surface area contributed by atoms with Crippen molar-refractivity contribution < 1.29 is 4.74 Å². The summed E-state index contributed by atoms with van der Waals surface area (Å²) in [5.41, 5.74) is 3.34. The molecule has 130 valence electrons. The highest BCUT2D eigenvalue weighted by atomic mass is 79.9. The van der Waals surface area contributed by atoms with Crippen LogP contribution in [0.1, 0.15) is 34.7 Å². The molecule has 0 N–H and O–H groups in total. The smallest absolute Gasteiger partial charge is 0.213 e. The lowest BCUT2D eigenvalue weighted by molar-refractivity contribution is -0.0190. The van der Waals surface area contributed by atoms with Crippen LogP contribution >= 0.6 is 38.9 Å². The van der Waals surface area contributed by atoms with Gasteiger partial charge in [-0.3, -0.25) is 0 Å². The average Bonchev–Trinajstić information content (AvgIpc) is 3.28. The maximum atomic E-state index is 6.33. The molecule has 0 saturated heterocycles. The van der Waals surface area contributed by atoms with Gasteiger partial charge in [0.05, 0.1) is 20.4 Å². The van der Waals surface area contributed by atoms with Crippen molar-refractivity contribution in [3.63, 3.8) is 0 Å². The van der Waals surface area contributed by atoms with E-state index in [9.17, 15) is 0 Å². The van der Waals surface area contributed by atoms with Crippen LogP contribution < -0.4 is 4.74 Å². The van der Waals surface area contributed by atoms with Gasteiger partial charge in [0.15, 0.2) is 0 Å². The zero-order valence-electron chi connectivity index (χ0n) is 13.6. The fourth-order valence-corrected chi connectivity index (χ4v) is 5.01. The van der Waals surface area contributed by atoms with E-state index in [1.165, 1.54) is 10.4 Å². The van der Waals surface area contributed by atoms with Gasteiger partial charge in [0.25, 0.3) is 0 Å². The van der Waals surface area contributed by atoms with Gasteiger partial charge < -0.3 is 4.74 Å². The number of benzene rings is 2. The second kappa shape index (κ2) is 6.41. The molecule has 0 spiro atoms. The monoisotopic (exact) mass is 444 g/mol. The summed E-state index contributed by atoms with van der Waals surface area (Å²) in [6.07, 6.45) is 0.616. The Balaban J connectivity index is 1.59. The summed E-state index contributed by atoms with van der Waals surface area (Å²) in [6.45, 7) is 0. The van der Waals surface area contributed by atoms with Gasteiger partial charge >= 0.3 is 0 Å². The first-order valence-corrected chi connectivity index (χ1v) is 10.3. The first kappa shape index (κ1) is 16.4. The van der Waals surface area contributed by atoms with Gasteiger partial charge in [-0.1, -0.05) is 41.9 Å². The van der Waals surface area contributed by atoms with Crippen LogP contribution in [0.3, 0.4) is 0 Å². The van der Waals surface area contributed by atoms with E-state index in [1.807, 2.05) is 36.4 Å². The SMILES string of the molecule is Clc1ccc([C@H]2Oc3ccccc3[C@H]3CC(c4ccc(Br)s4)=NN32)cc1. The molecule has 3 aromatic rings. The summed E-state index contributed by atoms with van der Waals surface area (Å²) in [6, 6.07) is 20.4. The highest BCUT2D eigenvalue weighted by Crippen LogP contribution is 2.47. The van der Waals surface area contributed by atoms with Crippen LogP contribution in [-0.4, -0.2) is 10.7 Å². The molecule has 1 aromatic heterocycles. The lowest BCUT2D eigenvalue weighted by Crippen LogP contribution is -2.33. The molecule has 0 bridgehead atoms. The minimum atomic E-state index is -0.256. The molecule has 0 radical (unpaired) electrons. The zero-order chi connectivity index (χ0) is 17.7. The van der Waals surface area contributed by atoms with E-state index >= 15 is 0 Å². The Labute approximate surface area is 169 Å². The highest BCUT2D eigenvalue weighted by Gasteiger charge is 2.41. The lowest BCUT2D eigenvalue weighted by Gasteiger charge is -2.38. The third-order valence-corrected chi connectivity index (χ3v) is 6.64. The van der Waals surface area contributed by atoms with Crippen molar-refractivity contribution in [3.8, 4) is 5.75 Å². The average molecular weight is 446 g/mol. The molecule has 0 saturated carbocycles. The summed E-state index contributed by atoms with van der Waals surface area (Å²) in [5, 5.41) is 7.76. The topological polar surface area (TPSA) is 24.8 Å². The van der Waals surface area contributed by atoms with Gasteiger partial charge in [0.2, 0.25) is 6.23 Å². The minimum Gasteiger partial charge on any atom is -0.464 e. The fourth-order valence-electron chi connectivity index (χ4n) is 3.50. The Morgan fingerprint density at radius 1 is 1.08 bits per heavy atom. The van der Waals surface area contributed by atoms with Crippen molar-refractivity contribution in [2.75, 3.05) is 0 Å². The standard InChI is InChI=1S/C20H14BrClN2OS/c21-19-10-9-18(26-19)15-11-16-14-3-1-2-4-17(14)25-20(24(16)23-15)12-5-7-13(22)8-6-12/h1-10,16,20H,11H2/t16-,20-/m1/s1. The molecule has 3 nitrogen and oxygen atoms in total. The molecule has 6 heteroatoms. The molecule has 0 amide bonds. The van der Waals surface area contributed by atoms with E-state index in [-0.39, 0.29) is 12.3 Å². The second-order valence-electron chi connectivity index (χ2n) is 6.31. The first-order valence-electron chi connectivity index (χ1n) is 8.31. The van der Waals surface area contributed by atoms with Crippen LogP contribution in [0.2, 0.25) is 5.02 Å². The molecule has 0 fully saturated rings.